The fraction of sp³-hybridized carbons (Fsp3) is 0.875. The van der Waals surface area contributed by atoms with E-state index < -0.39 is 30.6 Å². The minimum atomic E-state index is -1.02. The lowest BCUT2D eigenvalue weighted by Gasteiger charge is -2.35. The maximum Gasteiger partial charge on any atom is 0.217 e. The zero-order chi connectivity index (χ0) is 10.3. The molecule has 2 rings (SSSR count). The summed E-state index contributed by atoms with van der Waals surface area (Å²) < 4.78 is 10.2. The van der Waals surface area contributed by atoms with E-state index in [9.17, 15) is 15.0 Å². The van der Waals surface area contributed by atoms with Crippen LogP contribution in [0.15, 0.2) is 0 Å². The van der Waals surface area contributed by atoms with E-state index in [0.717, 1.165) is 0 Å². The van der Waals surface area contributed by atoms with Crippen molar-refractivity contribution in [2.24, 2.45) is 0 Å². The number of ether oxygens (including phenoxy) is 2. The SMILES string of the molecule is CC(=O)N[C@@H]1[C@@H](O)[C@H]2CO[C@@H](O2)[C@@H]1O. The van der Waals surface area contributed by atoms with Crippen LogP contribution in [-0.4, -0.2) is 53.4 Å². The van der Waals surface area contributed by atoms with Crippen molar-refractivity contribution in [2.45, 2.75) is 37.6 Å². The van der Waals surface area contributed by atoms with E-state index >= 15 is 0 Å². The summed E-state index contributed by atoms with van der Waals surface area (Å²) in [6.45, 7) is 1.58. The lowest BCUT2D eigenvalue weighted by molar-refractivity contribution is -0.195. The van der Waals surface area contributed by atoms with E-state index in [1.807, 2.05) is 0 Å². The molecule has 5 atom stereocenters. The van der Waals surface area contributed by atoms with Gasteiger partial charge in [0.1, 0.15) is 18.3 Å². The van der Waals surface area contributed by atoms with Gasteiger partial charge in [-0.25, -0.2) is 0 Å². The Morgan fingerprint density at radius 2 is 2.14 bits per heavy atom. The maximum absolute atomic E-state index is 10.8. The number of aliphatic hydroxyl groups excluding tert-OH is 2. The van der Waals surface area contributed by atoms with Gasteiger partial charge in [0.25, 0.3) is 0 Å². The van der Waals surface area contributed by atoms with Crippen molar-refractivity contribution in [3.05, 3.63) is 0 Å². The molecule has 0 spiro atoms. The summed E-state index contributed by atoms with van der Waals surface area (Å²) >= 11 is 0. The standard InChI is InChI=1S/C8H13NO5/c1-3(10)9-5-6(11)4-2-13-8(14-4)7(5)12/h4-8,11-12H,2H2,1H3,(H,9,10)/t4-,5-,6+,7-,8+/m1/s1. The maximum atomic E-state index is 10.8. The predicted octanol–water partition coefficient (Wildman–Crippen LogP) is -2.03. The Balaban J connectivity index is 2.10. The largest absolute Gasteiger partial charge is 0.388 e. The Morgan fingerprint density at radius 1 is 1.43 bits per heavy atom. The number of carbonyl (C=O) groups is 1. The number of hydrogen-bond donors (Lipinski definition) is 3. The van der Waals surface area contributed by atoms with Gasteiger partial charge in [0.05, 0.1) is 12.6 Å². The van der Waals surface area contributed by atoms with Crippen LogP contribution in [0.25, 0.3) is 0 Å². The van der Waals surface area contributed by atoms with E-state index in [1.165, 1.54) is 6.92 Å². The van der Waals surface area contributed by atoms with Crippen LogP contribution in [0, 0.1) is 0 Å². The van der Waals surface area contributed by atoms with E-state index in [2.05, 4.69) is 5.32 Å². The molecular weight excluding hydrogens is 190 g/mol. The van der Waals surface area contributed by atoms with Gasteiger partial charge in [-0.2, -0.15) is 0 Å². The Morgan fingerprint density at radius 3 is 2.79 bits per heavy atom. The number of aliphatic hydroxyl groups is 2. The third kappa shape index (κ3) is 1.50. The number of nitrogens with one attached hydrogen (secondary N) is 1. The Labute approximate surface area is 80.8 Å². The van der Waals surface area contributed by atoms with E-state index in [0.29, 0.717) is 0 Å². The fourth-order valence-electron chi connectivity index (χ4n) is 1.81. The molecule has 0 unspecified atom stereocenters. The van der Waals surface area contributed by atoms with Crippen molar-refractivity contribution in [1.29, 1.82) is 0 Å². The van der Waals surface area contributed by atoms with Crippen LogP contribution in [0.1, 0.15) is 6.92 Å². The van der Waals surface area contributed by atoms with Gasteiger partial charge in [-0.1, -0.05) is 0 Å². The van der Waals surface area contributed by atoms with Crippen molar-refractivity contribution in [3.8, 4) is 0 Å². The van der Waals surface area contributed by atoms with Crippen LogP contribution in [-0.2, 0) is 14.3 Å². The molecule has 2 fully saturated rings. The molecule has 2 saturated heterocycles. The van der Waals surface area contributed by atoms with Crippen LogP contribution >= 0.6 is 0 Å². The second kappa shape index (κ2) is 3.47. The van der Waals surface area contributed by atoms with Gasteiger partial charge in [-0.3, -0.25) is 4.79 Å². The van der Waals surface area contributed by atoms with Crippen molar-refractivity contribution in [3.63, 3.8) is 0 Å². The van der Waals surface area contributed by atoms with Crippen molar-refractivity contribution >= 4 is 5.91 Å². The van der Waals surface area contributed by atoms with Crippen LogP contribution in [0.4, 0.5) is 0 Å². The first kappa shape index (κ1) is 9.85. The number of hydrogen-bond acceptors (Lipinski definition) is 5. The van der Waals surface area contributed by atoms with Gasteiger partial charge in [-0.05, 0) is 0 Å². The van der Waals surface area contributed by atoms with Crippen LogP contribution in [0.2, 0.25) is 0 Å². The molecule has 2 heterocycles. The molecule has 0 radical (unpaired) electrons. The van der Waals surface area contributed by atoms with Crippen LogP contribution < -0.4 is 5.32 Å². The summed E-state index contributed by atoms with van der Waals surface area (Å²) in [5.41, 5.74) is 0. The Hall–Kier alpha value is -0.690. The molecule has 80 valence electrons. The van der Waals surface area contributed by atoms with Gasteiger partial charge in [0, 0.05) is 6.92 Å². The van der Waals surface area contributed by atoms with Gasteiger partial charge in [0.2, 0.25) is 5.91 Å². The number of fused-ring (bicyclic) bond motifs is 2. The molecule has 0 aromatic heterocycles. The lowest BCUT2D eigenvalue weighted by Crippen LogP contribution is -2.60. The summed E-state index contributed by atoms with van der Waals surface area (Å²) in [6.07, 6.45) is -3.14. The zero-order valence-corrected chi connectivity index (χ0v) is 7.71. The summed E-state index contributed by atoms with van der Waals surface area (Å²) in [5.74, 6) is -0.297. The molecule has 3 N–H and O–H groups in total. The lowest BCUT2D eigenvalue weighted by atomic mass is 9.98. The summed E-state index contributed by atoms with van der Waals surface area (Å²) in [5, 5.41) is 21.8. The predicted molar refractivity (Wildman–Crippen MR) is 44.2 cm³/mol. The van der Waals surface area contributed by atoms with Crippen molar-refractivity contribution < 1.29 is 24.5 Å². The minimum absolute atomic E-state index is 0.249. The van der Waals surface area contributed by atoms with Gasteiger partial charge < -0.3 is 25.0 Å². The molecule has 0 aliphatic carbocycles. The molecule has 6 heteroatoms. The molecular formula is C8H13NO5. The third-order valence-corrected chi connectivity index (χ3v) is 2.50. The molecule has 2 bridgehead atoms. The molecule has 0 aromatic rings. The minimum Gasteiger partial charge on any atom is -0.388 e. The van der Waals surface area contributed by atoms with E-state index in [1.54, 1.807) is 0 Å². The van der Waals surface area contributed by atoms with Gasteiger partial charge >= 0.3 is 0 Å². The molecule has 6 nitrogen and oxygen atoms in total. The highest BCUT2D eigenvalue weighted by Gasteiger charge is 2.49. The average Bonchev–Trinajstić information content (AvgIpc) is 2.55. The van der Waals surface area contributed by atoms with Gasteiger partial charge in [0.15, 0.2) is 6.29 Å². The number of rotatable bonds is 1. The monoisotopic (exact) mass is 203 g/mol. The van der Waals surface area contributed by atoms with E-state index in [4.69, 9.17) is 9.47 Å². The molecule has 2 aliphatic rings. The molecule has 14 heavy (non-hydrogen) atoms. The fourth-order valence-corrected chi connectivity index (χ4v) is 1.81. The second-order valence-corrected chi connectivity index (χ2v) is 3.58. The zero-order valence-electron chi connectivity index (χ0n) is 7.71. The number of amides is 1. The highest BCUT2D eigenvalue weighted by atomic mass is 16.7. The average molecular weight is 203 g/mol. The first-order valence-corrected chi connectivity index (χ1v) is 4.50. The first-order chi connectivity index (χ1) is 6.59. The van der Waals surface area contributed by atoms with Crippen molar-refractivity contribution in [1.82, 2.24) is 5.32 Å². The molecule has 0 saturated carbocycles. The third-order valence-electron chi connectivity index (χ3n) is 2.50. The Bertz CT molecular complexity index is 230. The van der Waals surface area contributed by atoms with Gasteiger partial charge in [-0.15, -0.1) is 0 Å². The highest BCUT2D eigenvalue weighted by Crippen LogP contribution is 2.27. The molecule has 2 aliphatic heterocycles. The Kier molecular flexibility index (Phi) is 2.44. The topological polar surface area (TPSA) is 88.0 Å². The summed E-state index contributed by atoms with van der Waals surface area (Å²) in [7, 11) is 0. The summed E-state index contributed by atoms with van der Waals surface area (Å²) in [6, 6.07) is -0.709. The van der Waals surface area contributed by atoms with Crippen LogP contribution in [0.5, 0.6) is 0 Å². The van der Waals surface area contributed by atoms with E-state index in [-0.39, 0.29) is 12.5 Å². The second-order valence-electron chi connectivity index (χ2n) is 3.58. The van der Waals surface area contributed by atoms with Crippen molar-refractivity contribution in [2.75, 3.05) is 6.61 Å². The number of carbonyl (C=O) groups excluding carboxylic acids is 1. The molecule has 0 aromatic carbocycles. The quantitative estimate of drug-likeness (QED) is 0.457. The van der Waals surface area contributed by atoms with Crippen LogP contribution in [0.3, 0.4) is 0 Å². The molecule has 1 amide bonds. The summed E-state index contributed by atoms with van der Waals surface area (Å²) in [4.78, 5) is 10.8. The normalized spacial score (nSPS) is 46.4. The first-order valence-electron chi connectivity index (χ1n) is 4.50. The highest BCUT2D eigenvalue weighted by molar-refractivity contribution is 5.73. The smallest absolute Gasteiger partial charge is 0.217 e.